The summed E-state index contributed by atoms with van der Waals surface area (Å²) in [7, 11) is 0. The highest BCUT2D eigenvalue weighted by molar-refractivity contribution is 5.58. The molecule has 0 unspecified atom stereocenters. The fourth-order valence-electron chi connectivity index (χ4n) is 0.186. The average Bonchev–Trinajstić information content (AvgIpc) is 1.76. The van der Waals surface area contributed by atoms with Crippen molar-refractivity contribution < 1.29 is 17.0 Å². The number of rotatable bonds is 0. The number of hydrogen-bond donors (Lipinski definition) is 1. The highest BCUT2D eigenvalue weighted by Crippen LogP contribution is 1.69. The van der Waals surface area contributed by atoms with Gasteiger partial charge < -0.3 is 17.0 Å². The third kappa shape index (κ3) is 1.15. The van der Waals surface area contributed by atoms with E-state index in [1.54, 1.807) is 12.5 Å². The molecule has 2 nitrogen and oxygen atoms in total. The lowest BCUT2D eigenvalue weighted by molar-refractivity contribution is -0.00000108. The fraction of sp³-hybridized carbons (Fsp3) is 0. The van der Waals surface area contributed by atoms with E-state index in [1.807, 2.05) is 0 Å². The van der Waals surface area contributed by atoms with E-state index >= 15 is 0 Å². The Bertz CT molecular complexity index is 66.9. The van der Waals surface area contributed by atoms with Gasteiger partial charge in [-0.25, -0.2) is 5.32 Å². The van der Waals surface area contributed by atoms with Crippen LogP contribution >= 0.6 is 0 Å². The van der Waals surface area contributed by atoms with Crippen LogP contribution in [-0.4, -0.2) is 6.34 Å². The molecule has 0 saturated carbocycles. The Balaban J connectivity index is 0.000000250. The van der Waals surface area contributed by atoms with Crippen LogP contribution < -0.4 is 22.3 Å². The Morgan fingerprint density at radius 2 is 2.50 bits per heavy atom. The molecular formula is C3H3BrN2. The molecule has 0 aromatic heterocycles. The molecule has 0 aliphatic carbocycles. The summed E-state index contributed by atoms with van der Waals surface area (Å²) in [5, 5.41) is 2.69. The minimum atomic E-state index is 0. The highest BCUT2D eigenvalue weighted by atomic mass is 79.9. The lowest BCUT2D eigenvalue weighted by atomic mass is 11.0. The molecule has 0 spiro atoms. The van der Waals surface area contributed by atoms with Crippen molar-refractivity contribution in [2.24, 2.45) is 4.99 Å². The van der Waals surface area contributed by atoms with Gasteiger partial charge in [-0.1, -0.05) is 0 Å². The van der Waals surface area contributed by atoms with E-state index in [0.29, 0.717) is 0 Å². The van der Waals surface area contributed by atoms with Crippen LogP contribution in [0.4, 0.5) is 0 Å². The molecule has 0 atom stereocenters. The number of nitrogens with zero attached hydrogens (tertiary/aromatic N) is 1. The van der Waals surface area contributed by atoms with E-state index in [4.69, 9.17) is 0 Å². The molecule has 1 aliphatic rings. The van der Waals surface area contributed by atoms with E-state index in [1.165, 1.54) is 0 Å². The van der Waals surface area contributed by atoms with Gasteiger partial charge in [-0.3, -0.25) is 0 Å². The summed E-state index contributed by atoms with van der Waals surface area (Å²) in [4.78, 5) is 3.54. The number of nitrogens with one attached hydrogen (secondary N) is 1. The number of hydrogen-bond acceptors (Lipinski definition) is 2. The predicted octanol–water partition coefficient (Wildman–Crippen LogP) is -3.10. The molecule has 0 amide bonds. The summed E-state index contributed by atoms with van der Waals surface area (Å²) in [5.74, 6) is 0. The first kappa shape index (κ1) is 5.60. The second-order valence-electron chi connectivity index (χ2n) is 0.698. The molecule has 0 aromatic rings. The third-order valence-corrected chi connectivity index (χ3v) is 0.362. The lowest BCUT2D eigenvalue weighted by Crippen LogP contribution is -3.00. The zero-order valence-corrected chi connectivity index (χ0v) is 4.57. The Hall–Kier alpha value is -0.400. The maximum absolute atomic E-state index is 3.54. The zero-order valence-electron chi connectivity index (χ0n) is 2.98. The van der Waals surface area contributed by atoms with Crippen LogP contribution in [0.15, 0.2) is 11.2 Å². The van der Waals surface area contributed by atoms with Gasteiger partial charge in [0, 0.05) is 4.99 Å². The molecule has 1 heterocycles. The van der Waals surface area contributed by atoms with Gasteiger partial charge in [-0.2, -0.15) is 0 Å². The van der Waals surface area contributed by atoms with Crippen molar-refractivity contribution in [3.05, 3.63) is 12.4 Å². The van der Waals surface area contributed by atoms with Gasteiger partial charge in [-0.15, -0.1) is 0 Å². The Labute approximate surface area is 46.7 Å². The molecular weight excluding hydrogens is 144 g/mol. The van der Waals surface area contributed by atoms with Crippen LogP contribution in [0, 0.1) is 6.20 Å². The van der Waals surface area contributed by atoms with Crippen molar-refractivity contribution in [2.75, 3.05) is 0 Å². The fourth-order valence-corrected chi connectivity index (χ4v) is 0.186. The van der Waals surface area contributed by atoms with Crippen LogP contribution in [0.5, 0.6) is 0 Å². The summed E-state index contributed by atoms with van der Waals surface area (Å²) in [5.41, 5.74) is 0. The first-order chi connectivity index (χ1) is 2.50. The Morgan fingerprint density at radius 1 is 1.67 bits per heavy atom. The van der Waals surface area contributed by atoms with E-state index in [9.17, 15) is 0 Å². The van der Waals surface area contributed by atoms with Gasteiger partial charge in [0.25, 0.3) is 0 Å². The summed E-state index contributed by atoms with van der Waals surface area (Å²) < 4.78 is 0. The maximum Gasteiger partial charge on any atom is 0.243 e. The van der Waals surface area contributed by atoms with Gasteiger partial charge in [-0.05, 0) is 0 Å². The predicted molar refractivity (Wildman–Crippen MR) is 19.4 cm³/mol. The quantitative estimate of drug-likeness (QED) is 0.360. The summed E-state index contributed by atoms with van der Waals surface area (Å²) >= 11 is 0. The van der Waals surface area contributed by atoms with Crippen molar-refractivity contribution >= 4 is 6.34 Å². The molecule has 1 rings (SSSR count). The van der Waals surface area contributed by atoms with Crippen molar-refractivity contribution in [3.8, 4) is 0 Å². The average molecular weight is 147 g/mol. The number of halogens is 1. The lowest BCUT2D eigenvalue weighted by Gasteiger charge is -1.53. The molecule has 1 N–H and O–H groups in total. The third-order valence-electron chi connectivity index (χ3n) is 0.362. The van der Waals surface area contributed by atoms with Crippen LogP contribution in [0.3, 0.4) is 0 Å². The minimum Gasteiger partial charge on any atom is -1.00 e. The Kier molecular flexibility index (Phi) is 2.63. The van der Waals surface area contributed by atoms with E-state index < -0.39 is 0 Å². The van der Waals surface area contributed by atoms with Gasteiger partial charge in [0.1, 0.15) is 0 Å². The van der Waals surface area contributed by atoms with Gasteiger partial charge in [0.2, 0.25) is 12.5 Å². The zero-order chi connectivity index (χ0) is 3.54. The SMILES string of the molecule is [Br-].[C+]1=CNC=N1. The second kappa shape index (κ2) is 2.82. The summed E-state index contributed by atoms with van der Waals surface area (Å²) in [6.45, 7) is 0. The van der Waals surface area contributed by atoms with Crippen LogP contribution in [0.2, 0.25) is 0 Å². The standard InChI is InChI=1S/C3H3N2.BrH/c1-2-5-3-4-1;/h1,3H,(H,4,5);1H/q+1;/p-1. The Morgan fingerprint density at radius 3 is 2.67 bits per heavy atom. The summed E-state index contributed by atoms with van der Waals surface area (Å²) in [6, 6.07) is 0. The van der Waals surface area contributed by atoms with Crippen LogP contribution in [-0.2, 0) is 0 Å². The largest absolute Gasteiger partial charge is 1.00 e. The van der Waals surface area contributed by atoms with E-state index in [2.05, 4.69) is 16.5 Å². The molecule has 0 radical (unpaired) electrons. The summed E-state index contributed by atoms with van der Waals surface area (Å²) in [6.07, 6.45) is 5.76. The van der Waals surface area contributed by atoms with Crippen LogP contribution in [0.1, 0.15) is 0 Å². The molecule has 0 aromatic carbocycles. The molecule has 32 valence electrons. The van der Waals surface area contributed by atoms with Crippen LogP contribution in [0.25, 0.3) is 0 Å². The second-order valence-corrected chi connectivity index (χ2v) is 0.698. The van der Waals surface area contributed by atoms with Gasteiger partial charge in [0.05, 0.1) is 0 Å². The maximum atomic E-state index is 3.54. The molecule has 3 heteroatoms. The minimum absolute atomic E-state index is 0. The van der Waals surface area contributed by atoms with E-state index in [-0.39, 0.29) is 17.0 Å². The topological polar surface area (TPSA) is 24.4 Å². The number of aliphatic imine (C=N–C) groups is 1. The van der Waals surface area contributed by atoms with Crippen molar-refractivity contribution in [1.29, 1.82) is 0 Å². The van der Waals surface area contributed by atoms with E-state index in [0.717, 1.165) is 0 Å². The van der Waals surface area contributed by atoms with Crippen molar-refractivity contribution in [3.63, 3.8) is 0 Å². The monoisotopic (exact) mass is 146 g/mol. The molecule has 6 heavy (non-hydrogen) atoms. The van der Waals surface area contributed by atoms with Crippen molar-refractivity contribution in [1.82, 2.24) is 5.32 Å². The molecule has 1 aliphatic heterocycles. The first-order valence-corrected chi connectivity index (χ1v) is 1.35. The molecule has 0 fully saturated rings. The van der Waals surface area contributed by atoms with Gasteiger partial charge >= 0.3 is 0 Å². The highest BCUT2D eigenvalue weighted by Gasteiger charge is 1.86. The first-order valence-electron chi connectivity index (χ1n) is 1.35. The van der Waals surface area contributed by atoms with Gasteiger partial charge in [0.15, 0.2) is 6.20 Å². The molecule has 0 saturated heterocycles. The molecule has 0 bridgehead atoms. The van der Waals surface area contributed by atoms with Crippen molar-refractivity contribution in [2.45, 2.75) is 0 Å². The normalized spacial score (nSPS) is 12.0. The smallest absolute Gasteiger partial charge is 0.243 e.